The molecule has 0 aliphatic rings. The molecule has 0 aliphatic heterocycles. The van der Waals surface area contributed by atoms with E-state index < -0.39 is 0 Å². The average Bonchev–Trinajstić information content (AvgIpc) is 2.46. The van der Waals surface area contributed by atoms with Gasteiger partial charge < -0.3 is 10.5 Å². The van der Waals surface area contributed by atoms with Gasteiger partial charge >= 0.3 is 0 Å². The summed E-state index contributed by atoms with van der Waals surface area (Å²) in [4.78, 5) is 0. The molecule has 1 unspecified atom stereocenters. The van der Waals surface area contributed by atoms with Crippen molar-refractivity contribution in [2.24, 2.45) is 5.92 Å². The Balaban J connectivity index is 2.35. The Hall–Kier alpha value is -1.44. The molecule has 2 nitrogen and oxygen atoms in total. The summed E-state index contributed by atoms with van der Waals surface area (Å²) < 4.78 is 5.26. The van der Waals surface area contributed by atoms with Crippen LogP contribution in [-0.2, 0) is 6.42 Å². The van der Waals surface area contributed by atoms with Gasteiger partial charge in [-0.25, -0.2) is 0 Å². The quantitative estimate of drug-likeness (QED) is 0.357. The molecule has 0 spiro atoms. The molecule has 0 bridgehead atoms. The molecule has 0 aliphatic carbocycles. The first-order chi connectivity index (χ1) is 10.1. The molecule has 2 heteroatoms. The fraction of sp³-hybridized carbons (Fsp3) is 0.579. The van der Waals surface area contributed by atoms with Crippen LogP contribution in [0.2, 0.25) is 0 Å². The third kappa shape index (κ3) is 6.70. The minimum absolute atomic E-state index is 0.699. The molecule has 0 heterocycles. The predicted molar refractivity (Wildman–Crippen MR) is 92.8 cm³/mol. The molecule has 21 heavy (non-hydrogen) atoms. The zero-order valence-corrected chi connectivity index (χ0v) is 14.0. The maximum absolute atomic E-state index is 5.84. The number of hydrogen-bond acceptors (Lipinski definition) is 2. The van der Waals surface area contributed by atoms with E-state index in [1.54, 1.807) is 7.11 Å². The second kappa shape index (κ2) is 9.49. The summed E-state index contributed by atoms with van der Waals surface area (Å²) in [5, 5.41) is 0. The zero-order chi connectivity index (χ0) is 15.7. The smallest absolute Gasteiger partial charge is 0.142 e. The van der Waals surface area contributed by atoms with E-state index in [1.165, 1.54) is 36.8 Å². The maximum atomic E-state index is 5.84. The topological polar surface area (TPSA) is 35.2 Å². The molecule has 2 N–H and O–H groups in total. The summed E-state index contributed by atoms with van der Waals surface area (Å²) in [6.07, 6.45) is 8.52. The summed E-state index contributed by atoms with van der Waals surface area (Å²) in [5.74, 6) is 1.52. The van der Waals surface area contributed by atoms with E-state index in [2.05, 4.69) is 26.5 Å². The molecule has 1 atom stereocenters. The predicted octanol–water partition coefficient (Wildman–Crippen LogP) is 5.37. The van der Waals surface area contributed by atoms with Gasteiger partial charge in [0, 0.05) is 0 Å². The van der Waals surface area contributed by atoms with Crippen LogP contribution in [-0.4, -0.2) is 7.11 Å². The van der Waals surface area contributed by atoms with Crippen LogP contribution in [0.1, 0.15) is 57.9 Å². The van der Waals surface area contributed by atoms with E-state index in [0.717, 1.165) is 30.9 Å². The monoisotopic (exact) mass is 289 g/mol. The van der Waals surface area contributed by atoms with Crippen molar-refractivity contribution in [3.63, 3.8) is 0 Å². The highest BCUT2D eigenvalue weighted by Gasteiger charge is 2.06. The highest BCUT2D eigenvalue weighted by Crippen LogP contribution is 2.25. The minimum atomic E-state index is 0.699. The zero-order valence-electron chi connectivity index (χ0n) is 14.0. The third-order valence-corrected chi connectivity index (χ3v) is 4.00. The van der Waals surface area contributed by atoms with E-state index in [4.69, 9.17) is 10.5 Å². The van der Waals surface area contributed by atoms with E-state index in [9.17, 15) is 0 Å². The van der Waals surface area contributed by atoms with E-state index in [-0.39, 0.29) is 0 Å². The number of aryl methyl sites for hydroxylation is 1. The fourth-order valence-corrected chi connectivity index (χ4v) is 2.67. The lowest BCUT2D eigenvalue weighted by atomic mass is 9.93. The summed E-state index contributed by atoms with van der Waals surface area (Å²) >= 11 is 0. The number of allylic oxidation sites excluding steroid dienone is 1. The van der Waals surface area contributed by atoms with Gasteiger partial charge in [-0.2, -0.15) is 0 Å². The number of ether oxygens (including phenoxy) is 1. The van der Waals surface area contributed by atoms with Crippen molar-refractivity contribution in [1.82, 2.24) is 0 Å². The van der Waals surface area contributed by atoms with Crippen molar-refractivity contribution in [1.29, 1.82) is 0 Å². The summed E-state index contributed by atoms with van der Waals surface area (Å²) in [6.45, 7) is 8.84. The maximum Gasteiger partial charge on any atom is 0.142 e. The van der Waals surface area contributed by atoms with Crippen molar-refractivity contribution in [3.8, 4) is 5.75 Å². The van der Waals surface area contributed by atoms with Crippen molar-refractivity contribution >= 4 is 5.69 Å². The third-order valence-electron chi connectivity index (χ3n) is 4.00. The van der Waals surface area contributed by atoms with Crippen LogP contribution >= 0.6 is 0 Å². The Morgan fingerprint density at radius 1 is 1.33 bits per heavy atom. The largest absolute Gasteiger partial charge is 0.495 e. The van der Waals surface area contributed by atoms with Gasteiger partial charge in [-0.3, -0.25) is 0 Å². The van der Waals surface area contributed by atoms with Crippen LogP contribution in [0.3, 0.4) is 0 Å². The fourth-order valence-electron chi connectivity index (χ4n) is 2.67. The molecule has 0 saturated heterocycles. The molecular weight excluding hydrogens is 258 g/mol. The van der Waals surface area contributed by atoms with Crippen molar-refractivity contribution in [2.75, 3.05) is 12.8 Å². The number of hydrogen-bond donors (Lipinski definition) is 1. The molecule has 0 fully saturated rings. The number of anilines is 1. The lowest BCUT2D eigenvalue weighted by molar-refractivity contribution is 0.416. The number of benzene rings is 1. The second-order valence-electron chi connectivity index (χ2n) is 6.13. The van der Waals surface area contributed by atoms with Gasteiger partial charge in [-0.15, -0.1) is 0 Å². The Bertz CT molecular complexity index is 439. The van der Waals surface area contributed by atoms with Crippen molar-refractivity contribution < 1.29 is 4.74 Å². The van der Waals surface area contributed by atoms with Crippen LogP contribution in [0.15, 0.2) is 30.4 Å². The van der Waals surface area contributed by atoms with Gasteiger partial charge in [0.1, 0.15) is 5.75 Å². The second-order valence-corrected chi connectivity index (χ2v) is 6.13. The molecule has 1 rings (SSSR count). The number of unbranched alkanes of at least 4 members (excludes halogenated alkanes) is 2. The molecule has 0 aromatic heterocycles. The number of methoxy groups -OCH3 is 1. The summed E-state index contributed by atoms with van der Waals surface area (Å²) in [5.41, 5.74) is 9.16. The van der Waals surface area contributed by atoms with Crippen LogP contribution < -0.4 is 10.5 Å². The Morgan fingerprint density at radius 2 is 2.10 bits per heavy atom. The molecule has 118 valence electrons. The van der Waals surface area contributed by atoms with E-state index in [0.29, 0.717) is 5.69 Å². The van der Waals surface area contributed by atoms with Crippen LogP contribution in [0.4, 0.5) is 5.69 Å². The highest BCUT2D eigenvalue weighted by molar-refractivity contribution is 5.53. The molecule has 0 amide bonds. The molecular formula is C19H31NO. The Labute approximate surface area is 130 Å². The first-order valence-corrected chi connectivity index (χ1v) is 8.15. The normalized spacial score (nSPS) is 12.1. The molecule has 0 radical (unpaired) electrons. The number of nitrogens with two attached hydrogens (primary N) is 1. The van der Waals surface area contributed by atoms with Crippen LogP contribution in [0.25, 0.3) is 0 Å². The first kappa shape index (κ1) is 17.6. The van der Waals surface area contributed by atoms with Gasteiger partial charge in [0.05, 0.1) is 12.8 Å². The Kier molecular flexibility index (Phi) is 7.96. The molecule has 1 aromatic carbocycles. The highest BCUT2D eigenvalue weighted by atomic mass is 16.5. The van der Waals surface area contributed by atoms with Gasteiger partial charge in [0.15, 0.2) is 0 Å². The van der Waals surface area contributed by atoms with Gasteiger partial charge in [0.2, 0.25) is 0 Å². The van der Waals surface area contributed by atoms with Gasteiger partial charge in [-0.05, 0) is 42.9 Å². The minimum Gasteiger partial charge on any atom is -0.495 e. The summed E-state index contributed by atoms with van der Waals surface area (Å²) in [7, 11) is 1.66. The van der Waals surface area contributed by atoms with Gasteiger partial charge in [0.25, 0.3) is 0 Å². The number of rotatable bonds is 10. The number of nitrogen functional groups attached to an aromatic ring is 1. The SMILES string of the molecule is C=C(CCc1ccc(N)c(OC)c1)CC(C)CCCCC. The first-order valence-electron chi connectivity index (χ1n) is 8.15. The van der Waals surface area contributed by atoms with Crippen molar-refractivity contribution in [3.05, 3.63) is 35.9 Å². The summed E-state index contributed by atoms with van der Waals surface area (Å²) in [6, 6.07) is 6.04. The van der Waals surface area contributed by atoms with Crippen LogP contribution in [0, 0.1) is 5.92 Å². The lowest BCUT2D eigenvalue weighted by Crippen LogP contribution is -1.99. The van der Waals surface area contributed by atoms with Crippen LogP contribution in [0.5, 0.6) is 5.75 Å². The molecule has 1 aromatic rings. The van der Waals surface area contributed by atoms with Gasteiger partial charge in [-0.1, -0.05) is 57.7 Å². The molecule has 0 saturated carbocycles. The van der Waals surface area contributed by atoms with Crippen molar-refractivity contribution in [2.45, 2.75) is 58.8 Å². The average molecular weight is 289 g/mol. The van der Waals surface area contributed by atoms with E-state index in [1.807, 2.05) is 12.1 Å². The lowest BCUT2D eigenvalue weighted by Gasteiger charge is -2.13. The Morgan fingerprint density at radius 3 is 2.76 bits per heavy atom. The van der Waals surface area contributed by atoms with E-state index >= 15 is 0 Å². The standard InChI is InChI=1S/C19H31NO/c1-5-6-7-8-15(2)13-16(3)9-10-17-11-12-18(20)19(14-17)21-4/h11-12,14-15H,3,5-10,13,20H2,1-2,4H3.